The molecule has 1 heterocycles. The van der Waals surface area contributed by atoms with Crippen LogP contribution < -0.4 is 5.06 Å². The predicted molar refractivity (Wildman–Crippen MR) is 66.6 cm³/mol. The molecule has 17 heavy (non-hydrogen) atoms. The first-order valence-electron chi connectivity index (χ1n) is 6.10. The topological polar surface area (TPSA) is 63.0 Å². The van der Waals surface area contributed by atoms with Gasteiger partial charge in [-0.3, -0.25) is 4.57 Å². The van der Waals surface area contributed by atoms with E-state index in [9.17, 15) is 9.77 Å². The minimum absolute atomic E-state index is 0.159. The molecule has 1 aliphatic heterocycles. The molecule has 0 fully saturated rings. The van der Waals surface area contributed by atoms with Crippen molar-refractivity contribution in [1.82, 2.24) is 0 Å². The van der Waals surface area contributed by atoms with Crippen LogP contribution in [0.3, 0.4) is 0 Å². The van der Waals surface area contributed by atoms with Crippen LogP contribution in [0.1, 0.15) is 40.0 Å². The third-order valence-electron chi connectivity index (χ3n) is 2.85. The fraction of sp³-hybridized carbons (Fsp3) is 0.818. The molecular weight excluding hydrogens is 241 g/mol. The first-order chi connectivity index (χ1) is 8.00. The molecule has 2 unspecified atom stereocenters. The maximum absolute atomic E-state index is 12.8. The lowest BCUT2D eigenvalue weighted by molar-refractivity contribution is -0.827. The van der Waals surface area contributed by atoms with Crippen molar-refractivity contribution >= 4 is 7.60 Å². The van der Waals surface area contributed by atoms with Crippen LogP contribution in [0.25, 0.3) is 0 Å². The van der Waals surface area contributed by atoms with Crippen LogP contribution in [-0.4, -0.2) is 18.5 Å². The molecule has 1 N–H and O–H groups in total. The SMILES string of the molecule is CCCOP(=O)(OCCC)C1(C)CC=C[NH+]1[O-]. The van der Waals surface area contributed by atoms with Gasteiger partial charge in [-0.05, 0) is 18.9 Å². The summed E-state index contributed by atoms with van der Waals surface area (Å²) in [7, 11) is -3.38. The standard InChI is InChI=1S/C11H22NO4P/c1-4-9-15-17(14,16-10-5-2)11(3)7-6-8-12(11)13/h6,8,12H,4-5,7,9-10H2,1-3H3. The summed E-state index contributed by atoms with van der Waals surface area (Å²) in [5, 5.41) is 10.7. The average molecular weight is 263 g/mol. The second-order valence-corrected chi connectivity index (χ2v) is 6.91. The Labute approximate surface area is 103 Å². The number of rotatable bonds is 7. The Hall–Kier alpha value is -0.190. The van der Waals surface area contributed by atoms with Gasteiger partial charge in [0.05, 0.1) is 19.4 Å². The highest BCUT2D eigenvalue weighted by atomic mass is 31.2. The van der Waals surface area contributed by atoms with E-state index >= 15 is 0 Å². The van der Waals surface area contributed by atoms with Crippen LogP contribution in [0.5, 0.6) is 0 Å². The largest absolute Gasteiger partial charge is 0.628 e. The molecule has 0 radical (unpaired) electrons. The third-order valence-corrected chi connectivity index (χ3v) is 5.51. The van der Waals surface area contributed by atoms with Gasteiger partial charge in [0.2, 0.25) is 5.28 Å². The Bertz CT molecular complexity index is 309. The van der Waals surface area contributed by atoms with Crippen LogP contribution >= 0.6 is 7.60 Å². The summed E-state index contributed by atoms with van der Waals surface area (Å²) in [5.41, 5.74) is 0. The van der Waals surface area contributed by atoms with Crippen molar-refractivity contribution in [3.63, 3.8) is 0 Å². The van der Waals surface area contributed by atoms with Gasteiger partial charge in [0, 0.05) is 13.3 Å². The van der Waals surface area contributed by atoms with Crippen molar-refractivity contribution in [2.24, 2.45) is 0 Å². The van der Waals surface area contributed by atoms with Crippen molar-refractivity contribution in [2.45, 2.75) is 45.3 Å². The van der Waals surface area contributed by atoms with Gasteiger partial charge in [-0.25, -0.2) is 0 Å². The molecule has 1 rings (SSSR count). The average Bonchev–Trinajstić information content (AvgIpc) is 2.66. The Morgan fingerprint density at radius 3 is 2.24 bits per heavy atom. The lowest BCUT2D eigenvalue weighted by atomic mass is 10.3. The van der Waals surface area contributed by atoms with Crippen LogP contribution in [-0.2, 0) is 13.6 Å². The molecule has 0 saturated heterocycles. The van der Waals surface area contributed by atoms with Crippen molar-refractivity contribution in [1.29, 1.82) is 0 Å². The van der Waals surface area contributed by atoms with Gasteiger partial charge in [-0.2, -0.15) is 0 Å². The molecule has 0 spiro atoms. The molecule has 0 aliphatic carbocycles. The monoisotopic (exact) mass is 263 g/mol. The minimum Gasteiger partial charge on any atom is -0.628 e. The van der Waals surface area contributed by atoms with Crippen molar-refractivity contribution in [2.75, 3.05) is 13.2 Å². The summed E-state index contributed by atoms with van der Waals surface area (Å²) >= 11 is 0. The van der Waals surface area contributed by atoms with E-state index < -0.39 is 12.9 Å². The van der Waals surface area contributed by atoms with E-state index in [4.69, 9.17) is 9.05 Å². The molecule has 100 valence electrons. The number of hydrogen-bond donors (Lipinski definition) is 1. The summed E-state index contributed by atoms with van der Waals surface area (Å²) in [4.78, 5) is 0. The van der Waals surface area contributed by atoms with E-state index in [2.05, 4.69) is 0 Å². The Balaban J connectivity index is 2.85. The maximum Gasteiger partial charge on any atom is 0.391 e. The highest BCUT2D eigenvalue weighted by Gasteiger charge is 2.54. The van der Waals surface area contributed by atoms with Gasteiger partial charge in [-0.15, -0.1) is 0 Å². The third kappa shape index (κ3) is 2.98. The zero-order chi connectivity index (χ0) is 12.9. The fourth-order valence-corrected chi connectivity index (χ4v) is 3.83. The number of quaternary nitrogens is 1. The van der Waals surface area contributed by atoms with Gasteiger partial charge >= 0.3 is 7.60 Å². The number of hydroxylamine groups is 2. The molecule has 2 atom stereocenters. The summed E-state index contributed by atoms with van der Waals surface area (Å²) in [5.74, 6) is 0. The smallest absolute Gasteiger partial charge is 0.391 e. The minimum atomic E-state index is -3.38. The zero-order valence-electron chi connectivity index (χ0n) is 10.8. The van der Waals surface area contributed by atoms with Crippen molar-refractivity contribution < 1.29 is 18.7 Å². The second-order valence-electron chi connectivity index (χ2n) is 4.41. The molecule has 0 saturated carbocycles. The summed E-state index contributed by atoms with van der Waals surface area (Å²) in [6, 6.07) is 0. The molecule has 0 amide bonds. The predicted octanol–water partition coefficient (Wildman–Crippen LogP) is 2.05. The zero-order valence-corrected chi connectivity index (χ0v) is 11.7. The van der Waals surface area contributed by atoms with Crippen LogP contribution in [0.15, 0.2) is 12.3 Å². The van der Waals surface area contributed by atoms with E-state index in [1.165, 1.54) is 6.20 Å². The Kier molecular flexibility index (Phi) is 5.35. The summed E-state index contributed by atoms with van der Waals surface area (Å²) in [6.07, 6.45) is 5.13. The first-order valence-corrected chi connectivity index (χ1v) is 7.64. The van der Waals surface area contributed by atoms with Gasteiger partial charge in [0.15, 0.2) is 0 Å². The summed E-state index contributed by atoms with van der Waals surface area (Å²) < 4.78 is 23.6. The molecule has 5 nitrogen and oxygen atoms in total. The molecule has 0 aromatic rings. The second kappa shape index (κ2) is 6.12. The van der Waals surface area contributed by atoms with E-state index in [1.54, 1.807) is 13.0 Å². The lowest BCUT2D eigenvalue weighted by Gasteiger charge is -2.38. The van der Waals surface area contributed by atoms with Gasteiger partial charge < -0.3 is 19.3 Å². The highest BCUT2D eigenvalue weighted by Crippen LogP contribution is 2.59. The molecule has 0 aromatic heterocycles. The van der Waals surface area contributed by atoms with E-state index in [0.717, 1.165) is 12.8 Å². The molecular formula is C11H22NO4P. The van der Waals surface area contributed by atoms with Crippen LogP contribution in [0, 0.1) is 5.21 Å². The van der Waals surface area contributed by atoms with Crippen molar-refractivity contribution in [3.05, 3.63) is 17.5 Å². The van der Waals surface area contributed by atoms with E-state index in [1.807, 2.05) is 13.8 Å². The van der Waals surface area contributed by atoms with Crippen molar-refractivity contribution in [3.8, 4) is 0 Å². The highest BCUT2D eigenvalue weighted by molar-refractivity contribution is 7.55. The fourth-order valence-electron chi connectivity index (χ4n) is 1.67. The Morgan fingerprint density at radius 1 is 1.35 bits per heavy atom. The molecule has 1 aliphatic rings. The first kappa shape index (κ1) is 14.9. The van der Waals surface area contributed by atoms with Gasteiger partial charge in [0.1, 0.15) is 0 Å². The molecule has 0 bridgehead atoms. The molecule has 0 aromatic carbocycles. The normalized spacial score (nSPS) is 28.8. The van der Waals surface area contributed by atoms with E-state index in [-0.39, 0.29) is 5.06 Å². The van der Waals surface area contributed by atoms with Gasteiger partial charge in [0.25, 0.3) is 0 Å². The Morgan fingerprint density at radius 2 is 1.88 bits per heavy atom. The number of nitrogens with one attached hydrogen (secondary N) is 1. The van der Waals surface area contributed by atoms with Crippen LogP contribution in [0.4, 0.5) is 0 Å². The van der Waals surface area contributed by atoms with Crippen LogP contribution in [0.2, 0.25) is 0 Å². The quantitative estimate of drug-likeness (QED) is 0.564. The maximum atomic E-state index is 12.8. The number of hydrogen-bond acceptors (Lipinski definition) is 4. The van der Waals surface area contributed by atoms with Gasteiger partial charge in [-0.1, -0.05) is 13.8 Å². The molecule has 6 heteroatoms. The van der Waals surface area contributed by atoms with E-state index in [0.29, 0.717) is 19.6 Å². The summed E-state index contributed by atoms with van der Waals surface area (Å²) in [6.45, 7) is 6.23. The lowest BCUT2D eigenvalue weighted by Crippen LogP contribution is -3.09.